The maximum atomic E-state index is 12.5. The molecule has 2 aromatic rings. The van der Waals surface area contributed by atoms with E-state index in [4.69, 9.17) is 4.74 Å². The van der Waals surface area contributed by atoms with Gasteiger partial charge in [0.05, 0.1) is 13.0 Å². The van der Waals surface area contributed by atoms with Crippen LogP contribution in [0.2, 0.25) is 0 Å². The molecule has 1 aliphatic rings. The predicted octanol–water partition coefficient (Wildman–Crippen LogP) is 0.564. The number of amidine groups is 1. The highest BCUT2D eigenvalue weighted by atomic mass is 32.2. The molecule has 0 atom stereocenters. The van der Waals surface area contributed by atoms with E-state index in [1.807, 2.05) is 19.1 Å². The van der Waals surface area contributed by atoms with Crippen molar-refractivity contribution >= 4 is 27.5 Å². The fraction of sp³-hybridized carbons (Fsp3) is 0.263. The summed E-state index contributed by atoms with van der Waals surface area (Å²) >= 11 is 0. The van der Waals surface area contributed by atoms with Crippen molar-refractivity contribution in [3.63, 3.8) is 0 Å². The number of hydrogen-bond donors (Lipinski definition) is 3. The van der Waals surface area contributed by atoms with Crippen LogP contribution in [0.15, 0.2) is 53.4 Å². The third kappa shape index (κ3) is 5.30. The van der Waals surface area contributed by atoms with Crippen molar-refractivity contribution in [1.29, 1.82) is 0 Å². The van der Waals surface area contributed by atoms with Gasteiger partial charge in [-0.05, 0) is 43.7 Å². The number of carbonyl (C=O) groups is 1. The van der Waals surface area contributed by atoms with Crippen molar-refractivity contribution in [3.8, 4) is 5.75 Å². The fourth-order valence-corrected chi connectivity index (χ4v) is 3.78. The Morgan fingerprint density at radius 3 is 2.67 bits per heavy atom. The van der Waals surface area contributed by atoms with Gasteiger partial charge in [-0.1, -0.05) is 23.8 Å². The maximum absolute atomic E-state index is 12.5. The van der Waals surface area contributed by atoms with Gasteiger partial charge < -0.3 is 10.1 Å². The molecule has 3 rings (SSSR count). The van der Waals surface area contributed by atoms with Crippen molar-refractivity contribution in [2.75, 3.05) is 18.5 Å². The summed E-state index contributed by atoms with van der Waals surface area (Å²) in [4.78, 5) is 15.2. The van der Waals surface area contributed by atoms with Crippen LogP contribution in [0.3, 0.4) is 0 Å². The lowest BCUT2D eigenvalue weighted by atomic mass is 10.2. The van der Waals surface area contributed by atoms with Crippen LogP contribution in [0.4, 0.5) is 5.69 Å². The van der Waals surface area contributed by atoms with Crippen molar-refractivity contribution in [3.05, 3.63) is 54.1 Å². The van der Waals surface area contributed by atoms with E-state index in [2.05, 4.69) is 15.0 Å². The Balaban J connectivity index is 1.61. The molecule has 142 valence electrons. The maximum Gasteiger partial charge on any atom is 0.328 e. The molecule has 0 fully saturated rings. The van der Waals surface area contributed by atoms with Gasteiger partial charge in [0.25, 0.3) is 11.7 Å². The van der Waals surface area contributed by atoms with Gasteiger partial charge in [-0.3, -0.25) is 9.79 Å². The van der Waals surface area contributed by atoms with Crippen molar-refractivity contribution in [1.82, 2.24) is 4.72 Å². The lowest BCUT2D eigenvalue weighted by molar-refractivity contribution is -0.448. The molecular weight excluding hydrogens is 366 g/mol. The number of ether oxygens (including phenoxy) is 1. The van der Waals surface area contributed by atoms with E-state index >= 15 is 0 Å². The van der Waals surface area contributed by atoms with E-state index in [9.17, 15) is 13.2 Å². The second-order valence-electron chi connectivity index (χ2n) is 6.29. The first kappa shape index (κ1) is 18.9. The van der Waals surface area contributed by atoms with E-state index < -0.39 is 10.0 Å². The van der Waals surface area contributed by atoms with Crippen LogP contribution in [0.5, 0.6) is 5.75 Å². The average molecular weight is 388 g/mol. The third-order valence-corrected chi connectivity index (χ3v) is 5.41. The van der Waals surface area contributed by atoms with Gasteiger partial charge in [0.1, 0.15) is 10.6 Å². The lowest BCUT2D eigenvalue weighted by Crippen LogP contribution is -2.72. The normalized spacial score (nSPS) is 13.7. The van der Waals surface area contributed by atoms with Gasteiger partial charge in [0.15, 0.2) is 6.61 Å². The Kier molecular flexibility index (Phi) is 5.75. The number of anilines is 1. The van der Waals surface area contributed by atoms with Gasteiger partial charge in [-0.2, -0.15) is 13.1 Å². The highest BCUT2D eigenvalue weighted by molar-refractivity contribution is 7.90. The molecule has 3 N–H and O–H groups in total. The zero-order valence-corrected chi connectivity index (χ0v) is 15.8. The second kappa shape index (κ2) is 8.22. The molecule has 27 heavy (non-hydrogen) atoms. The molecule has 7 nitrogen and oxygen atoms in total. The highest BCUT2D eigenvalue weighted by Gasteiger charge is 2.24. The van der Waals surface area contributed by atoms with Crippen LogP contribution in [0.25, 0.3) is 0 Å². The van der Waals surface area contributed by atoms with E-state index in [1.165, 1.54) is 12.1 Å². The molecule has 8 heteroatoms. The van der Waals surface area contributed by atoms with E-state index in [-0.39, 0.29) is 17.4 Å². The smallest absolute Gasteiger partial charge is 0.328 e. The van der Waals surface area contributed by atoms with Crippen LogP contribution in [-0.4, -0.2) is 33.3 Å². The number of rotatable bonds is 6. The molecule has 2 aromatic carbocycles. The monoisotopic (exact) mass is 388 g/mol. The molecule has 0 spiro atoms. The minimum atomic E-state index is -3.69. The standard InChI is InChI=1S/C19H21N3O4S/c1-14-7-9-16(10-8-14)26-13-19(23)21-15-4-2-5-17(12-15)27(24,25)22-18-6-3-11-20-18/h2,4-5,7-10,12H,3,6,11,13H2,1H3,(H,20,22)(H,21,23)/p+1. The van der Waals surface area contributed by atoms with E-state index in [0.717, 1.165) is 18.5 Å². The van der Waals surface area contributed by atoms with Crippen LogP contribution in [-0.2, 0) is 14.8 Å². The van der Waals surface area contributed by atoms with Gasteiger partial charge in [0, 0.05) is 5.69 Å². The second-order valence-corrected chi connectivity index (χ2v) is 7.97. The van der Waals surface area contributed by atoms with E-state index in [1.54, 1.807) is 24.3 Å². The molecule has 1 aliphatic heterocycles. The molecular formula is C19H22N3O4S+. The number of nitrogens with one attached hydrogen (secondary N) is 3. The first-order chi connectivity index (χ1) is 12.9. The van der Waals surface area contributed by atoms with Crippen LogP contribution in [0.1, 0.15) is 18.4 Å². The summed E-state index contributed by atoms with van der Waals surface area (Å²) in [7, 11) is -3.69. The Morgan fingerprint density at radius 1 is 1.19 bits per heavy atom. The SMILES string of the molecule is Cc1ccc(OCC(=O)Nc2cccc(S(=O)(=O)NC3=[NH+]CCC3)c2)cc1. The number of sulfonamides is 1. The van der Waals surface area contributed by atoms with Gasteiger partial charge >= 0.3 is 10.0 Å². The van der Waals surface area contributed by atoms with Gasteiger partial charge in [-0.25, -0.2) is 0 Å². The van der Waals surface area contributed by atoms with Crippen molar-refractivity contribution in [2.45, 2.75) is 24.7 Å². The molecule has 0 radical (unpaired) electrons. The van der Waals surface area contributed by atoms with Gasteiger partial charge in [0.2, 0.25) is 0 Å². The van der Waals surface area contributed by atoms with Crippen LogP contribution in [0, 0.1) is 6.92 Å². The summed E-state index contributed by atoms with van der Waals surface area (Å²) in [6.45, 7) is 2.56. The molecule has 0 bridgehead atoms. The molecule has 0 unspecified atom stereocenters. The lowest BCUT2D eigenvalue weighted by Gasteiger charge is -2.09. The zero-order valence-electron chi connectivity index (χ0n) is 15.0. The largest absolute Gasteiger partial charge is 0.484 e. The molecule has 1 heterocycles. The average Bonchev–Trinajstić information content (AvgIpc) is 3.14. The summed E-state index contributed by atoms with van der Waals surface area (Å²) < 4.78 is 32.9. The summed E-state index contributed by atoms with van der Waals surface area (Å²) in [5.41, 5.74) is 1.49. The summed E-state index contributed by atoms with van der Waals surface area (Å²) in [6, 6.07) is 13.5. The van der Waals surface area contributed by atoms with Gasteiger partial charge in [-0.15, -0.1) is 0 Å². The third-order valence-electron chi connectivity index (χ3n) is 4.02. The minimum Gasteiger partial charge on any atom is -0.484 e. The quantitative estimate of drug-likeness (QED) is 0.674. The number of hydrogen-bond acceptors (Lipinski definition) is 4. The summed E-state index contributed by atoms with van der Waals surface area (Å²) in [6.07, 6.45) is 1.57. The number of aryl methyl sites for hydroxylation is 1. The van der Waals surface area contributed by atoms with Crippen LogP contribution >= 0.6 is 0 Å². The Morgan fingerprint density at radius 2 is 1.96 bits per heavy atom. The Bertz CT molecular complexity index is 953. The summed E-state index contributed by atoms with van der Waals surface area (Å²) in [5.74, 6) is 0.818. The summed E-state index contributed by atoms with van der Waals surface area (Å²) in [5, 5.41) is 2.65. The molecule has 0 saturated heterocycles. The highest BCUT2D eigenvalue weighted by Crippen LogP contribution is 2.16. The number of amides is 1. The molecule has 0 saturated carbocycles. The van der Waals surface area contributed by atoms with Crippen molar-refractivity contribution < 1.29 is 22.9 Å². The van der Waals surface area contributed by atoms with E-state index in [0.29, 0.717) is 23.7 Å². The van der Waals surface area contributed by atoms with Crippen molar-refractivity contribution in [2.24, 2.45) is 0 Å². The molecule has 0 aromatic heterocycles. The number of benzene rings is 2. The first-order valence-electron chi connectivity index (χ1n) is 8.64. The number of carbonyl (C=O) groups excluding carboxylic acids is 1. The first-order valence-corrected chi connectivity index (χ1v) is 10.1. The minimum absolute atomic E-state index is 0.0842. The molecule has 0 aliphatic carbocycles. The Labute approximate surface area is 158 Å². The topological polar surface area (TPSA) is 98.5 Å². The predicted molar refractivity (Wildman–Crippen MR) is 102 cm³/mol. The van der Waals surface area contributed by atoms with Crippen LogP contribution < -0.4 is 19.8 Å². The molecule has 1 amide bonds. The Hall–Kier alpha value is -2.87. The zero-order chi connectivity index (χ0) is 19.3. The fourth-order valence-electron chi connectivity index (χ4n) is 2.62.